The van der Waals surface area contributed by atoms with Crippen LogP contribution >= 0.6 is 12.2 Å². The summed E-state index contributed by atoms with van der Waals surface area (Å²) in [6, 6.07) is 14.4. The first kappa shape index (κ1) is 25.7. The molecule has 2 aromatic rings. The van der Waals surface area contributed by atoms with Crippen molar-refractivity contribution < 1.29 is 14.3 Å². The van der Waals surface area contributed by atoms with E-state index in [-0.39, 0.29) is 16.9 Å². The van der Waals surface area contributed by atoms with Crippen LogP contribution in [0.3, 0.4) is 0 Å². The summed E-state index contributed by atoms with van der Waals surface area (Å²) in [5, 5.41) is 5.92. The number of unbranched alkanes of at least 4 members (excludes halogenated alkanes) is 3. The lowest BCUT2D eigenvalue weighted by atomic mass is 10.1. The molecule has 182 valence electrons. The number of carbonyl (C=O) groups excluding carboxylic acids is 2. The summed E-state index contributed by atoms with van der Waals surface area (Å²) in [5.74, 6) is 0.244. The molecule has 1 fully saturated rings. The fraction of sp³-hybridized carbons (Fsp3) is 0.444. The highest BCUT2D eigenvalue weighted by Crippen LogP contribution is 2.19. The summed E-state index contributed by atoms with van der Waals surface area (Å²) in [7, 11) is 0. The number of carbonyl (C=O) groups is 2. The Balaban J connectivity index is 1.57. The van der Waals surface area contributed by atoms with Gasteiger partial charge in [-0.15, -0.1) is 0 Å². The minimum absolute atomic E-state index is 0.0329. The maximum absolute atomic E-state index is 12.9. The van der Waals surface area contributed by atoms with Crippen molar-refractivity contribution in [3.8, 4) is 5.75 Å². The lowest BCUT2D eigenvalue weighted by Crippen LogP contribution is -2.34. The summed E-state index contributed by atoms with van der Waals surface area (Å²) in [6.07, 6.45) is 8.84. The zero-order valence-electron chi connectivity index (χ0n) is 20.0. The fourth-order valence-electron chi connectivity index (χ4n) is 4.01. The zero-order chi connectivity index (χ0) is 24.2. The molecule has 1 aliphatic heterocycles. The summed E-state index contributed by atoms with van der Waals surface area (Å²) in [4.78, 5) is 27.7. The van der Waals surface area contributed by atoms with E-state index in [1.54, 1.807) is 24.3 Å². The number of hydrogen-bond acceptors (Lipinski definition) is 4. The molecule has 2 aromatic carbocycles. The third-order valence-electron chi connectivity index (χ3n) is 5.87. The van der Waals surface area contributed by atoms with Gasteiger partial charge in [0.15, 0.2) is 5.11 Å². The molecule has 0 aliphatic carbocycles. The fourth-order valence-corrected chi connectivity index (χ4v) is 4.22. The highest BCUT2D eigenvalue weighted by Gasteiger charge is 2.18. The number of likely N-dealkylation sites (tertiary alicyclic amines) is 1. The molecule has 6 nitrogen and oxygen atoms in total. The molecule has 0 atom stereocenters. The van der Waals surface area contributed by atoms with Crippen LogP contribution in [0.5, 0.6) is 5.75 Å². The predicted molar refractivity (Wildman–Crippen MR) is 141 cm³/mol. The van der Waals surface area contributed by atoms with Gasteiger partial charge >= 0.3 is 0 Å². The highest BCUT2D eigenvalue weighted by molar-refractivity contribution is 7.80. The zero-order valence-corrected chi connectivity index (χ0v) is 20.8. The molecule has 0 radical (unpaired) electrons. The Bertz CT molecular complexity index is 971. The second-order valence-corrected chi connectivity index (χ2v) is 9.01. The Morgan fingerprint density at radius 3 is 2.50 bits per heavy atom. The molecule has 0 unspecified atom stereocenters. The first-order chi connectivity index (χ1) is 16.6. The number of thiocarbonyl (C=S) groups is 1. The molecule has 0 aromatic heterocycles. The van der Waals surface area contributed by atoms with E-state index in [9.17, 15) is 9.59 Å². The number of ether oxygens (including phenoxy) is 1. The van der Waals surface area contributed by atoms with E-state index in [1.165, 1.54) is 25.7 Å². The van der Waals surface area contributed by atoms with Gasteiger partial charge in [-0.3, -0.25) is 14.9 Å². The molecule has 1 aliphatic rings. The quantitative estimate of drug-likeness (QED) is 0.350. The predicted octanol–water partition coefficient (Wildman–Crippen LogP) is 5.79. The third kappa shape index (κ3) is 7.83. The second-order valence-electron chi connectivity index (χ2n) is 8.60. The normalized spacial score (nSPS) is 13.6. The number of nitrogens with one attached hydrogen (secondary N) is 2. The average Bonchev–Trinajstić information content (AvgIpc) is 3.13. The Kier molecular flexibility index (Phi) is 10.3. The Hall–Kier alpha value is -2.93. The molecule has 2 N–H and O–H groups in total. The maximum Gasteiger partial charge on any atom is 0.261 e. The van der Waals surface area contributed by atoms with Crippen molar-refractivity contribution in [2.75, 3.05) is 25.0 Å². The van der Waals surface area contributed by atoms with Crippen molar-refractivity contribution in [2.24, 2.45) is 0 Å². The van der Waals surface area contributed by atoms with Crippen LogP contribution in [-0.2, 0) is 0 Å². The first-order valence-electron chi connectivity index (χ1n) is 12.3. The minimum Gasteiger partial charge on any atom is -0.493 e. The third-order valence-corrected chi connectivity index (χ3v) is 6.08. The van der Waals surface area contributed by atoms with E-state index in [0.29, 0.717) is 29.2 Å². The van der Waals surface area contributed by atoms with Crippen LogP contribution in [0.25, 0.3) is 0 Å². The van der Waals surface area contributed by atoms with E-state index in [1.807, 2.05) is 29.2 Å². The SMILES string of the molecule is CCCCCCOc1ccccc1C(=O)NC(=S)Nc1cccc(C(=O)N2CCCCCC2)c1. The van der Waals surface area contributed by atoms with Crippen LogP contribution < -0.4 is 15.4 Å². The van der Waals surface area contributed by atoms with Gasteiger partial charge in [-0.2, -0.15) is 0 Å². The number of anilines is 1. The molecule has 0 bridgehead atoms. The number of hydrogen-bond donors (Lipinski definition) is 2. The van der Waals surface area contributed by atoms with Crippen molar-refractivity contribution in [1.82, 2.24) is 10.2 Å². The minimum atomic E-state index is -0.335. The van der Waals surface area contributed by atoms with Gasteiger partial charge in [-0.25, -0.2) is 0 Å². The number of benzene rings is 2. The lowest BCUT2D eigenvalue weighted by Gasteiger charge is -2.20. The summed E-state index contributed by atoms with van der Waals surface area (Å²) in [5.41, 5.74) is 1.71. The van der Waals surface area contributed by atoms with Gasteiger partial charge in [0.25, 0.3) is 11.8 Å². The molecular weight excluding hydrogens is 446 g/mol. The number of rotatable bonds is 9. The Morgan fingerprint density at radius 1 is 0.971 bits per heavy atom. The topological polar surface area (TPSA) is 70.7 Å². The van der Waals surface area contributed by atoms with E-state index in [0.717, 1.165) is 38.8 Å². The summed E-state index contributed by atoms with van der Waals surface area (Å²) in [6.45, 7) is 4.34. The van der Waals surface area contributed by atoms with Crippen molar-refractivity contribution in [3.63, 3.8) is 0 Å². The van der Waals surface area contributed by atoms with Gasteiger partial charge < -0.3 is 15.0 Å². The first-order valence-corrected chi connectivity index (χ1v) is 12.7. The summed E-state index contributed by atoms with van der Waals surface area (Å²) >= 11 is 5.36. The van der Waals surface area contributed by atoms with Crippen molar-refractivity contribution in [3.05, 3.63) is 59.7 Å². The molecule has 0 saturated carbocycles. The molecule has 3 rings (SSSR count). The number of para-hydroxylation sites is 1. The van der Waals surface area contributed by atoms with E-state index in [2.05, 4.69) is 17.6 Å². The van der Waals surface area contributed by atoms with E-state index >= 15 is 0 Å². The van der Waals surface area contributed by atoms with Crippen LogP contribution in [0.15, 0.2) is 48.5 Å². The van der Waals surface area contributed by atoms with E-state index < -0.39 is 0 Å². The Labute approximate surface area is 208 Å². The van der Waals surface area contributed by atoms with Crippen molar-refractivity contribution >= 4 is 34.8 Å². The maximum atomic E-state index is 12.9. The van der Waals surface area contributed by atoms with Gasteiger partial charge in [-0.1, -0.05) is 57.2 Å². The van der Waals surface area contributed by atoms with Crippen molar-refractivity contribution in [2.45, 2.75) is 58.3 Å². The van der Waals surface area contributed by atoms with Crippen LogP contribution in [0.4, 0.5) is 5.69 Å². The van der Waals surface area contributed by atoms with Crippen LogP contribution in [0.2, 0.25) is 0 Å². The van der Waals surface area contributed by atoms with Crippen LogP contribution in [-0.4, -0.2) is 41.5 Å². The largest absolute Gasteiger partial charge is 0.493 e. The number of nitrogens with zero attached hydrogens (tertiary/aromatic N) is 1. The van der Waals surface area contributed by atoms with Crippen LogP contribution in [0.1, 0.15) is 79.0 Å². The smallest absolute Gasteiger partial charge is 0.261 e. The van der Waals surface area contributed by atoms with Crippen molar-refractivity contribution in [1.29, 1.82) is 0 Å². The molecule has 34 heavy (non-hydrogen) atoms. The summed E-state index contributed by atoms with van der Waals surface area (Å²) < 4.78 is 5.85. The van der Waals surface area contributed by atoms with Gasteiger partial charge in [0.2, 0.25) is 0 Å². The molecular formula is C27H35N3O3S. The van der Waals surface area contributed by atoms with Crippen LogP contribution in [0, 0.1) is 0 Å². The molecule has 0 spiro atoms. The van der Waals surface area contributed by atoms with Gasteiger partial charge in [0, 0.05) is 24.3 Å². The molecule has 2 amide bonds. The highest BCUT2D eigenvalue weighted by atomic mass is 32.1. The molecule has 7 heteroatoms. The van der Waals surface area contributed by atoms with Gasteiger partial charge in [-0.05, 0) is 61.8 Å². The molecule has 1 saturated heterocycles. The molecule has 1 heterocycles. The Morgan fingerprint density at radius 2 is 1.74 bits per heavy atom. The van der Waals surface area contributed by atoms with Gasteiger partial charge in [0.05, 0.1) is 12.2 Å². The monoisotopic (exact) mass is 481 g/mol. The lowest BCUT2D eigenvalue weighted by molar-refractivity contribution is 0.0761. The van der Waals surface area contributed by atoms with Gasteiger partial charge in [0.1, 0.15) is 5.75 Å². The number of amides is 2. The standard InChI is InChI=1S/C27H35N3O3S/c1-2-3-4-11-19-33-24-16-8-7-15-23(24)25(31)29-27(34)28-22-14-12-13-21(20-22)26(32)30-17-9-5-6-10-18-30/h7-8,12-16,20H,2-6,9-11,17-19H2,1H3,(H2,28,29,31,34). The van der Waals surface area contributed by atoms with E-state index in [4.69, 9.17) is 17.0 Å². The average molecular weight is 482 g/mol. The second kappa shape index (κ2) is 13.7.